The van der Waals surface area contributed by atoms with E-state index in [-0.39, 0.29) is 0 Å². The van der Waals surface area contributed by atoms with Gasteiger partial charge >= 0.3 is 0 Å². The van der Waals surface area contributed by atoms with Crippen molar-refractivity contribution in [2.75, 3.05) is 30.4 Å². The lowest BCUT2D eigenvalue weighted by Gasteiger charge is -2.17. The third-order valence-corrected chi connectivity index (χ3v) is 3.48. The summed E-state index contributed by atoms with van der Waals surface area (Å²) in [5, 5.41) is 3.43. The molecule has 1 saturated heterocycles. The minimum atomic E-state index is 0.338. The van der Waals surface area contributed by atoms with E-state index in [2.05, 4.69) is 30.2 Å². The quantitative estimate of drug-likeness (QED) is 0.907. The molecule has 1 aliphatic rings. The van der Waals surface area contributed by atoms with Crippen molar-refractivity contribution in [2.24, 2.45) is 0 Å². The normalized spacial score (nSPS) is 17.8. The fourth-order valence-electron chi connectivity index (χ4n) is 2.38. The topological polar surface area (TPSA) is 76.1 Å². The standard InChI is InChI=1S/C14H18N6O/c1-10-5-13(18-9-17-10)19-11-3-4-20(8-11)14-15-6-12(21-2)7-16-14/h5-7,9,11H,3-4,8H2,1-2H3,(H,17,18,19). The van der Waals surface area contributed by atoms with Gasteiger partial charge in [0.25, 0.3) is 0 Å². The summed E-state index contributed by atoms with van der Waals surface area (Å²) >= 11 is 0. The highest BCUT2D eigenvalue weighted by molar-refractivity contribution is 5.40. The minimum Gasteiger partial charge on any atom is -0.494 e. The van der Waals surface area contributed by atoms with Gasteiger partial charge in [-0.3, -0.25) is 0 Å². The van der Waals surface area contributed by atoms with Crippen LogP contribution in [-0.2, 0) is 0 Å². The van der Waals surface area contributed by atoms with Gasteiger partial charge in [-0.2, -0.15) is 0 Å². The number of anilines is 2. The Bertz CT molecular complexity index is 603. The van der Waals surface area contributed by atoms with E-state index in [1.54, 1.807) is 25.8 Å². The summed E-state index contributed by atoms with van der Waals surface area (Å²) in [6.07, 6.45) is 5.99. The summed E-state index contributed by atoms with van der Waals surface area (Å²) < 4.78 is 5.07. The van der Waals surface area contributed by atoms with E-state index in [0.717, 1.165) is 37.0 Å². The van der Waals surface area contributed by atoms with Crippen LogP contribution in [0.25, 0.3) is 0 Å². The summed E-state index contributed by atoms with van der Waals surface area (Å²) in [5.41, 5.74) is 0.959. The fraction of sp³-hybridized carbons (Fsp3) is 0.429. The second-order valence-corrected chi connectivity index (χ2v) is 5.04. The molecule has 2 aromatic rings. The zero-order chi connectivity index (χ0) is 14.7. The Balaban J connectivity index is 1.62. The zero-order valence-corrected chi connectivity index (χ0v) is 12.2. The molecule has 1 atom stereocenters. The Hall–Kier alpha value is -2.44. The number of nitrogens with zero attached hydrogens (tertiary/aromatic N) is 5. The molecule has 7 nitrogen and oxygen atoms in total. The highest BCUT2D eigenvalue weighted by Crippen LogP contribution is 2.19. The SMILES string of the molecule is COc1cnc(N2CCC(Nc3cc(C)ncn3)C2)nc1. The summed E-state index contributed by atoms with van der Waals surface area (Å²) in [7, 11) is 1.61. The summed E-state index contributed by atoms with van der Waals surface area (Å²) in [6, 6.07) is 2.29. The molecule has 0 aliphatic carbocycles. The molecule has 0 amide bonds. The number of aromatic nitrogens is 4. The Morgan fingerprint density at radius 2 is 2.05 bits per heavy atom. The van der Waals surface area contributed by atoms with Gasteiger partial charge in [-0.25, -0.2) is 19.9 Å². The van der Waals surface area contributed by atoms with E-state index < -0.39 is 0 Å². The maximum atomic E-state index is 5.07. The first-order valence-electron chi connectivity index (χ1n) is 6.91. The van der Waals surface area contributed by atoms with Crippen LogP contribution in [0.3, 0.4) is 0 Å². The van der Waals surface area contributed by atoms with Crippen molar-refractivity contribution in [1.82, 2.24) is 19.9 Å². The number of rotatable bonds is 4. The minimum absolute atomic E-state index is 0.338. The average Bonchev–Trinajstić information content (AvgIpc) is 2.96. The van der Waals surface area contributed by atoms with Crippen molar-refractivity contribution in [3.8, 4) is 5.75 Å². The number of hydrogen-bond acceptors (Lipinski definition) is 7. The first-order valence-corrected chi connectivity index (χ1v) is 6.91. The molecule has 0 saturated carbocycles. The van der Waals surface area contributed by atoms with Gasteiger partial charge < -0.3 is 15.0 Å². The average molecular weight is 286 g/mol. The van der Waals surface area contributed by atoms with E-state index >= 15 is 0 Å². The smallest absolute Gasteiger partial charge is 0.225 e. The highest BCUT2D eigenvalue weighted by Gasteiger charge is 2.24. The van der Waals surface area contributed by atoms with Gasteiger partial charge in [0.1, 0.15) is 12.1 Å². The predicted octanol–water partition coefficient (Wildman–Crippen LogP) is 1.27. The molecular weight excluding hydrogens is 268 g/mol. The molecule has 110 valence electrons. The fourth-order valence-corrected chi connectivity index (χ4v) is 2.38. The van der Waals surface area contributed by atoms with Crippen LogP contribution in [0.2, 0.25) is 0 Å². The van der Waals surface area contributed by atoms with Gasteiger partial charge in [0.05, 0.1) is 19.5 Å². The zero-order valence-electron chi connectivity index (χ0n) is 12.2. The molecule has 2 aromatic heterocycles. The monoisotopic (exact) mass is 286 g/mol. The van der Waals surface area contributed by atoms with E-state index in [4.69, 9.17) is 4.74 Å². The Morgan fingerprint density at radius 1 is 1.24 bits per heavy atom. The van der Waals surface area contributed by atoms with E-state index in [1.165, 1.54) is 0 Å². The Morgan fingerprint density at radius 3 is 2.76 bits per heavy atom. The molecule has 1 aliphatic heterocycles. The molecule has 0 bridgehead atoms. The largest absolute Gasteiger partial charge is 0.494 e. The van der Waals surface area contributed by atoms with Crippen LogP contribution in [0.5, 0.6) is 5.75 Å². The van der Waals surface area contributed by atoms with Gasteiger partial charge in [-0.15, -0.1) is 0 Å². The van der Waals surface area contributed by atoms with Crippen LogP contribution in [0.1, 0.15) is 12.1 Å². The summed E-state index contributed by atoms with van der Waals surface area (Å²) in [4.78, 5) is 19.1. The van der Waals surface area contributed by atoms with Gasteiger partial charge in [0.15, 0.2) is 5.75 Å². The van der Waals surface area contributed by atoms with E-state index in [9.17, 15) is 0 Å². The summed E-state index contributed by atoms with van der Waals surface area (Å²) in [5.74, 6) is 2.27. The van der Waals surface area contributed by atoms with Gasteiger partial charge in [-0.1, -0.05) is 0 Å². The number of aryl methyl sites for hydroxylation is 1. The molecule has 3 rings (SSSR count). The van der Waals surface area contributed by atoms with Crippen LogP contribution < -0.4 is 15.0 Å². The highest BCUT2D eigenvalue weighted by atomic mass is 16.5. The Labute approximate surface area is 123 Å². The maximum Gasteiger partial charge on any atom is 0.225 e. The molecule has 7 heteroatoms. The lowest BCUT2D eigenvalue weighted by atomic mass is 10.2. The van der Waals surface area contributed by atoms with E-state index in [1.807, 2.05) is 13.0 Å². The molecule has 1 N–H and O–H groups in total. The van der Waals surface area contributed by atoms with Crippen LogP contribution >= 0.6 is 0 Å². The molecular formula is C14H18N6O. The van der Waals surface area contributed by atoms with Crippen LogP contribution in [0.4, 0.5) is 11.8 Å². The van der Waals surface area contributed by atoms with Crippen molar-refractivity contribution in [3.05, 3.63) is 30.5 Å². The first-order chi connectivity index (χ1) is 10.2. The van der Waals surface area contributed by atoms with Crippen LogP contribution in [0, 0.1) is 6.92 Å². The molecule has 3 heterocycles. The molecule has 0 aromatic carbocycles. The molecule has 0 spiro atoms. The summed E-state index contributed by atoms with van der Waals surface area (Å²) in [6.45, 7) is 3.74. The number of nitrogens with one attached hydrogen (secondary N) is 1. The van der Waals surface area contributed by atoms with Crippen molar-refractivity contribution < 1.29 is 4.74 Å². The lowest BCUT2D eigenvalue weighted by Crippen LogP contribution is -2.27. The second-order valence-electron chi connectivity index (χ2n) is 5.04. The third kappa shape index (κ3) is 3.18. The van der Waals surface area contributed by atoms with E-state index in [0.29, 0.717) is 11.8 Å². The van der Waals surface area contributed by atoms with Crippen molar-refractivity contribution in [1.29, 1.82) is 0 Å². The predicted molar refractivity (Wildman–Crippen MR) is 79.6 cm³/mol. The van der Waals surface area contributed by atoms with Gasteiger partial charge in [0, 0.05) is 30.9 Å². The van der Waals surface area contributed by atoms with Gasteiger partial charge in [0.2, 0.25) is 5.95 Å². The lowest BCUT2D eigenvalue weighted by molar-refractivity contribution is 0.410. The first kappa shape index (κ1) is 13.5. The van der Waals surface area contributed by atoms with Crippen LogP contribution in [-0.4, -0.2) is 46.2 Å². The number of methoxy groups -OCH3 is 1. The molecule has 0 radical (unpaired) electrons. The van der Waals surface area contributed by atoms with Crippen LogP contribution in [0.15, 0.2) is 24.8 Å². The van der Waals surface area contributed by atoms with Crippen molar-refractivity contribution in [2.45, 2.75) is 19.4 Å². The number of ether oxygens (including phenoxy) is 1. The maximum absolute atomic E-state index is 5.07. The number of hydrogen-bond donors (Lipinski definition) is 1. The molecule has 1 fully saturated rings. The second kappa shape index (κ2) is 5.90. The van der Waals surface area contributed by atoms with Crippen molar-refractivity contribution >= 4 is 11.8 Å². The third-order valence-electron chi connectivity index (χ3n) is 3.48. The Kier molecular flexibility index (Phi) is 3.81. The molecule has 1 unspecified atom stereocenters. The van der Waals surface area contributed by atoms with Crippen molar-refractivity contribution in [3.63, 3.8) is 0 Å². The van der Waals surface area contributed by atoms with Gasteiger partial charge in [-0.05, 0) is 13.3 Å². The molecule has 21 heavy (non-hydrogen) atoms.